The quantitative estimate of drug-likeness (QED) is 0.809. The summed E-state index contributed by atoms with van der Waals surface area (Å²) >= 11 is 3.24. The minimum atomic E-state index is -0.162. The van der Waals surface area contributed by atoms with E-state index in [1.165, 1.54) is 38.5 Å². The Morgan fingerprint density at radius 3 is 2.32 bits per heavy atom. The number of nitrogens with one attached hydrogen (secondary N) is 2. The van der Waals surface area contributed by atoms with Gasteiger partial charge in [0, 0.05) is 12.1 Å². The lowest BCUT2D eigenvalue weighted by Gasteiger charge is -2.59. The van der Waals surface area contributed by atoms with Crippen LogP contribution < -0.4 is 10.6 Å². The smallest absolute Gasteiger partial charge is 0.321 e. The Labute approximate surface area is 139 Å². The second kappa shape index (κ2) is 5.29. The second-order valence-corrected chi connectivity index (χ2v) is 8.49. The maximum absolute atomic E-state index is 12.2. The van der Waals surface area contributed by atoms with Gasteiger partial charge in [-0.25, -0.2) is 4.79 Å². The molecule has 2 amide bonds. The number of anilines is 1. The zero-order chi connectivity index (χ0) is 15.3. The molecule has 1 atom stereocenters. The molecule has 2 N–H and O–H groups in total. The summed E-state index contributed by atoms with van der Waals surface area (Å²) in [6.07, 6.45) is 8.18. The molecule has 0 spiro atoms. The summed E-state index contributed by atoms with van der Waals surface area (Å²) in [4.78, 5) is 12.2. The monoisotopic (exact) mass is 366 g/mol. The molecule has 0 aliphatic heterocycles. The molecule has 1 aromatic rings. The third kappa shape index (κ3) is 2.57. The van der Waals surface area contributed by atoms with Gasteiger partial charge >= 0.3 is 6.03 Å². The molecule has 5 rings (SSSR count). The molecule has 0 radical (unpaired) electrons. The average Bonchev–Trinajstić information content (AvgIpc) is 2.82. The molecule has 0 aromatic carbocycles. The minimum Gasteiger partial charge on any atom is -0.434 e. The molecule has 4 fully saturated rings. The molecular weight excluding hydrogens is 344 g/mol. The van der Waals surface area contributed by atoms with E-state index in [0.717, 1.165) is 17.8 Å². The number of furan rings is 1. The van der Waals surface area contributed by atoms with E-state index >= 15 is 0 Å². The van der Waals surface area contributed by atoms with E-state index in [0.29, 0.717) is 16.0 Å². The summed E-state index contributed by atoms with van der Waals surface area (Å²) in [5.41, 5.74) is 0.329. The van der Waals surface area contributed by atoms with Crippen LogP contribution in [0.1, 0.15) is 45.4 Å². The summed E-state index contributed by atoms with van der Waals surface area (Å²) in [6, 6.07) is 3.58. The van der Waals surface area contributed by atoms with Crippen molar-refractivity contribution in [2.75, 3.05) is 5.32 Å². The number of rotatable bonds is 3. The van der Waals surface area contributed by atoms with Crippen molar-refractivity contribution in [3.8, 4) is 0 Å². The van der Waals surface area contributed by atoms with Crippen LogP contribution in [0.4, 0.5) is 10.7 Å². The SMILES string of the molecule is CC(NC(=O)Nc1ccc(Br)o1)C12CC3CC(CC(C3)C1)C2. The summed E-state index contributed by atoms with van der Waals surface area (Å²) < 4.78 is 5.95. The van der Waals surface area contributed by atoms with Gasteiger partial charge in [-0.15, -0.1) is 0 Å². The largest absolute Gasteiger partial charge is 0.434 e. The maximum Gasteiger partial charge on any atom is 0.321 e. The van der Waals surface area contributed by atoms with Crippen molar-refractivity contribution >= 4 is 27.8 Å². The first kappa shape index (κ1) is 14.6. The van der Waals surface area contributed by atoms with Gasteiger partial charge < -0.3 is 9.73 Å². The summed E-state index contributed by atoms with van der Waals surface area (Å²) in [5, 5.41) is 5.95. The van der Waals surface area contributed by atoms with Crippen molar-refractivity contribution in [3.05, 3.63) is 16.8 Å². The lowest BCUT2D eigenvalue weighted by Crippen LogP contribution is -2.56. The third-order valence-electron chi connectivity index (χ3n) is 6.16. The number of halogens is 1. The van der Waals surface area contributed by atoms with Crippen LogP contribution in [0, 0.1) is 23.2 Å². The average molecular weight is 367 g/mol. The molecule has 1 heterocycles. The predicted octanol–water partition coefficient (Wildman–Crippen LogP) is 4.77. The van der Waals surface area contributed by atoms with Crippen molar-refractivity contribution in [2.45, 2.75) is 51.5 Å². The first-order valence-electron chi connectivity index (χ1n) is 8.35. The highest BCUT2D eigenvalue weighted by Gasteiger charge is 2.53. The normalized spacial score (nSPS) is 37.1. The van der Waals surface area contributed by atoms with Gasteiger partial charge in [0.05, 0.1) is 0 Å². The molecule has 22 heavy (non-hydrogen) atoms. The molecule has 4 bridgehead atoms. The van der Waals surface area contributed by atoms with E-state index in [9.17, 15) is 4.79 Å². The molecule has 120 valence electrons. The Bertz CT molecular complexity index is 548. The first-order valence-corrected chi connectivity index (χ1v) is 9.14. The van der Waals surface area contributed by atoms with Crippen molar-refractivity contribution in [1.82, 2.24) is 5.32 Å². The summed E-state index contributed by atoms with van der Waals surface area (Å²) in [7, 11) is 0. The number of carbonyl (C=O) groups excluding carboxylic acids is 1. The fraction of sp³-hybridized carbons (Fsp3) is 0.706. The fourth-order valence-corrected chi connectivity index (χ4v) is 5.89. The van der Waals surface area contributed by atoms with E-state index in [-0.39, 0.29) is 12.1 Å². The van der Waals surface area contributed by atoms with Crippen LogP contribution in [0.5, 0.6) is 0 Å². The van der Waals surface area contributed by atoms with E-state index in [4.69, 9.17) is 4.42 Å². The van der Waals surface area contributed by atoms with E-state index < -0.39 is 0 Å². The Kier molecular flexibility index (Phi) is 3.51. The van der Waals surface area contributed by atoms with Crippen LogP contribution in [0.15, 0.2) is 21.2 Å². The Balaban J connectivity index is 1.41. The molecule has 1 unspecified atom stereocenters. The van der Waals surface area contributed by atoms with Crippen molar-refractivity contribution < 1.29 is 9.21 Å². The molecule has 1 aromatic heterocycles. The molecule has 4 aliphatic carbocycles. The number of amides is 2. The van der Waals surface area contributed by atoms with Crippen molar-refractivity contribution in [1.29, 1.82) is 0 Å². The van der Waals surface area contributed by atoms with Gasteiger partial charge in [0.1, 0.15) is 0 Å². The number of hydrogen-bond donors (Lipinski definition) is 2. The van der Waals surface area contributed by atoms with Crippen LogP contribution in [-0.4, -0.2) is 12.1 Å². The van der Waals surface area contributed by atoms with Gasteiger partial charge in [-0.05, 0) is 90.6 Å². The summed E-state index contributed by atoms with van der Waals surface area (Å²) in [5.74, 6) is 3.18. The molecule has 4 aliphatic rings. The molecule has 4 saturated carbocycles. The van der Waals surface area contributed by atoms with E-state index in [1.807, 2.05) is 0 Å². The lowest BCUT2D eigenvalue weighted by atomic mass is 9.48. The standard InChI is InChI=1S/C17H23BrN2O2/c1-10(19-16(21)20-15-3-2-14(18)22-15)17-7-11-4-12(8-17)6-13(5-11)9-17/h2-3,10-13H,4-9H2,1H3,(H2,19,20,21). The molecule has 0 saturated heterocycles. The fourth-order valence-electron chi connectivity index (χ4n) is 5.59. The van der Waals surface area contributed by atoms with Gasteiger partial charge in [0.15, 0.2) is 4.67 Å². The van der Waals surface area contributed by atoms with Crippen molar-refractivity contribution in [2.24, 2.45) is 23.2 Å². The Hall–Kier alpha value is -0.970. The Morgan fingerprint density at radius 1 is 1.23 bits per heavy atom. The van der Waals surface area contributed by atoms with Gasteiger partial charge in [-0.3, -0.25) is 5.32 Å². The highest BCUT2D eigenvalue weighted by atomic mass is 79.9. The van der Waals surface area contributed by atoms with Gasteiger partial charge in [0.25, 0.3) is 0 Å². The maximum atomic E-state index is 12.2. The van der Waals surface area contributed by atoms with Crippen LogP contribution in [0.25, 0.3) is 0 Å². The van der Waals surface area contributed by atoms with Gasteiger partial charge in [-0.2, -0.15) is 0 Å². The van der Waals surface area contributed by atoms with Crippen LogP contribution in [0.2, 0.25) is 0 Å². The summed E-state index contributed by atoms with van der Waals surface area (Å²) in [6.45, 7) is 2.19. The molecular formula is C17H23BrN2O2. The van der Waals surface area contributed by atoms with Crippen LogP contribution in [0.3, 0.4) is 0 Å². The topological polar surface area (TPSA) is 54.3 Å². The lowest BCUT2D eigenvalue weighted by molar-refractivity contribution is -0.0680. The molecule has 5 heteroatoms. The second-order valence-electron chi connectivity index (χ2n) is 7.70. The van der Waals surface area contributed by atoms with Crippen LogP contribution >= 0.6 is 15.9 Å². The van der Waals surface area contributed by atoms with Crippen LogP contribution in [-0.2, 0) is 0 Å². The van der Waals surface area contributed by atoms with E-state index in [2.05, 4.69) is 33.5 Å². The number of carbonyl (C=O) groups is 1. The zero-order valence-corrected chi connectivity index (χ0v) is 14.5. The predicted molar refractivity (Wildman–Crippen MR) is 88.6 cm³/mol. The highest BCUT2D eigenvalue weighted by Crippen LogP contribution is 2.61. The van der Waals surface area contributed by atoms with Crippen molar-refractivity contribution in [3.63, 3.8) is 0 Å². The molecule has 4 nitrogen and oxygen atoms in total. The van der Waals surface area contributed by atoms with Gasteiger partial charge in [0.2, 0.25) is 5.88 Å². The zero-order valence-electron chi connectivity index (χ0n) is 12.9. The Morgan fingerprint density at radius 2 is 1.82 bits per heavy atom. The number of hydrogen-bond acceptors (Lipinski definition) is 2. The van der Waals surface area contributed by atoms with E-state index in [1.54, 1.807) is 12.1 Å². The highest BCUT2D eigenvalue weighted by molar-refractivity contribution is 9.10. The minimum absolute atomic E-state index is 0.162. The van der Waals surface area contributed by atoms with Gasteiger partial charge in [-0.1, -0.05) is 0 Å². The number of urea groups is 1. The third-order valence-corrected chi connectivity index (χ3v) is 6.59. The first-order chi connectivity index (χ1) is 10.5.